The Labute approximate surface area is 150 Å². The van der Waals surface area contributed by atoms with Gasteiger partial charge in [-0.25, -0.2) is 4.39 Å². The van der Waals surface area contributed by atoms with E-state index in [4.69, 9.17) is 0 Å². The van der Waals surface area contributed by atoms with Gasteiger partial charge in [-0.3, -0.25) is 19.3 Å². The molecule has 0 radical (unpaired) electrons. The van der Waals surface area contributed by atoms with Crippen LogP contribution in [-0.4, -0.2) is 29.2 Å². The van der Waals surface area contributed by atoms with E-state index >= 15 is 0 Å². The predicted molar refractivity (Wildman–Crippen MR) is 86.5 cm³/mol. The number of hydrogen-bond donors (Lipinski definition) is 1. The van der Waals surface area contributed by atoms with Gasteiger partial charge in [0.05, 0.1) is 16.7 Å². The summed E-state index contributed by atoms with van der Waals surface area (Å²) in [6.07, 6.45) is -4.77. The maximum atomic E-state index is 13.7. The molecule has 1 heterocycles. The number of fused-ring (bicyclic) bond motifs is 1. The Morgan fingerprint density at radius 3 is 2.26 bits per heavy atom. The Bertz CT molecular complexity index is 923. The van der Waals surface area contributed by atoms with Crippen molar-refractivity contribution in [3.8, 4) is 0 Å². The topological polar surface area (TPSA) is 66.5 Å². The van der Waals surface area contributed by atoms with Gasteiger partial charge in [0.1, 0.15) is 5.82 Å². The third-order valence-corrected chi connectivity index (χ3v) is 4.01. The molecular weight excluding hydrogens is 368 g/mol. The molecule has 0 atom stereocenters. The molecule has 1 aliphatic heterocycles. The van der Waals surface area contributed by atoms with Gasteiger partial charge in [-0.2, -0.15) is 13.2 Å². The summed E-state index contributed by atoms with van der Waals surface area (Å²) in [5, 5.41) is 2.38. The van der Waals surface area contributed by atoms with Crippen LogP contribution in [-0.2, 0) is 11.0 Å². The minimum Gasteiger partial charge on any atom is -0.326 e. The number of anilines is 1. The molecular formula is C18H12F4N2O3. The molecule has 1 N–H and O–H groups in total. The average Bonchev–Trinajstić information content (AvgIpc) is 2.85. The number of carbonyl (C=O) groups is 3. The van der Waals surface area contributed by atoms with Crippen LogP contribution in [0.25, 0.3) is 0 Å². The highest BCUT2D eigenvalue weighted by Gasteiger charge is 2.37. The Morgan fingerprint density at radius 1 is 1.00 bits per heavy atom. The van der Waals surface area contributed by atoms with Crippen molar-refractivity contribution in [1.29, 1.82) is 0 Å². The largest absolute Gasteiger partial charge is 0.416 e. The second-order valence-corrected chi connectivity index (χ2v) is 5.80. The number of alkyl halides is 3. The van der Waals surface area contributed by atoms with Crippen LogP contribution in [0.3, 0.4) is 0 Å². The number of hydrogen-bond acceptors (Lipinski definition) is 3. The lowest BCUT2D eigenvalue weighted by Gasteiger charge is -2.14. The molecule has 140 valence electrons. The Kier molecular flexibility index (Phi) is 4.69. The predicted octanol–water partition coefficient (Wildman–Crippen LogP) is 3.47. The van der Waals surface area contributed by atoms with E-state index in [9.17, 15) is 31.9 Å². The molecule has 3 amide bonds. The van der Waals surface area contributed by atoms with E-state index in [0.29, 0.717) is 0 Å². The Morgan fingerprint density at radius 2 is 1.67 bits per heavy atom. The fraction of sp³-hybridized carbons (Fsp3) is 0.167. The molecule has 9 heteroatoms. The number of carbonyl (C=O) groups excluding carboxylic acids is 3. The molecule has 0 spiro atoms. The molecule has 1 aliphatic rings. The zero-order chi connectivity index (χ0) is 19.8. The highest BCUT2D eigenvalue weighted by Crippen LogP contribution is 2.30. The van der Waals surface area contributed by atoms with Gasteiger partial charge in [0, 0.05) is 18.7 Å². The molecule has 0 unspecified atom stereocenters. The zero-order valence-corrected chi connectivity index (χ0v) is 13.6. The molecule has 0 aliphatic carbocycles. The van der Waals surface area contributed by atoms with Gasteiger partial charge in [0.25, 0.3) is 11.8 Å². The first kappa shape index (κ1) is 18.6. The third kappa shape index (κ3) is 3.67. The lowest BCUT2D eigenvalue weighted by atomic mass is 10.1. The summed E-state index contributed by atoms with van der Waals surface area (Å²) in [5.41, 5.74) is -1.11. The minimum absolute atomic E-state index is 0.0665. The molecule has 0 fully saturated rings. The fourth-order valence-corrected chi connectivity index (χ4v) is 2.67. The summed E-state index contributed by atoms with van der Waals surface area (Å²) >= 11 is 0. The third-order valence-electron chi connectivity index (χ3n) is 4.01. The van der Waals surface area contributed by atoms with E-state index < -0.39 is 35.3 Å². The van der Waals surface area contributed by atoms with E-state index in [0.717, 1.165) is 35.2 Å². The number of rotatable bonds is 4. The zero-order valence-electron chi connectivity index (χ0n) is 13.6. The first-order valence-electron chi connectivity index (χ1n) is 7.80. The fourth-order valence-electron chi connectivity index (χ4n) is 2.67. The summed E-state index contributed by atoms with van der Waals surface area (Å²) in [7, 11) is 0. The maximum Gasteiger partial charge on any atom is 0.416 e. The number of nitrogens with one attached hydrogen (secondary N) is 1. The van der Waals surface area contributed by atoms with Gasteiger partial charge >= 0.3 is 6.18 Å². The lowest BCUT2D eigenvalue weighted by Crippen LogP contribution is -2.33. The van der Waals surface area contributed by atoms with Crippen molar-refractivity contribution in [2.24, 2.45) is 0 Å². The second-order valence-electron chi connectivity index (χ2n) is 5.80. The van der Waals surface area contributed by atoms with Gasteiger partial charge in [-0.1, -0.05) is 6.07 Å². The van der Waals surface area contributed by atoms with E-state index in [1.165, 1.54) is 12.1 Å². The van der Waals surface area contributed by atoms with Crippen LogP contribution in [0.15, 0.2) is 42.5 Å². The number of benzene rings is 2. The Hall–Kier alpha value is -3.23. The SMILES string of the molecule is O=C(CCN1C(=O)c2cccc(F)c2C1=O)Nc1ccc(C(F)(F)F)cc1. The van der Waals surface area contributed by atoms with E-state index in [1.54, 1.807) is 0 Å². The van der Waals surface area contributed by atoms with Gasteiger partial charge in [-0.05, 0) is 36.4 Å². The molecule has 2 aromatic carbocycles. The van der Waals surface area contributed by atoms with Crippen LogP contribution in [0.5, 0.6) is 0 Å². The monoisotopic (exact) mass is 380 g/mol. The summed E-state index contributed by atoms with van der Waals surface area (Å²) in [6.45, 7) is -0.280. The summed E-state index contributed by atoms with van der Waals surface area (Å²) in [5.74, 6) is -2.94. The number of amides is 3. The first-order chi connectivity index (χ1) is 12.7. The van der Waals surface area contributed by atoms with Gasteiger partial charge in [-0.15, -0.1) is 0 Å². The van der Waals surface area contributed by atoms with Crippen molar-refractivity contribution in [3.05, 3.63) is 65.0 Å². The van der Waals surface area contributed by atoms with Crippen molar-refractivity contribution < 1.29 is 31.9 Å². The molecule has 0 bridgehead atoms. The number of halogens is 4. The standard InChI is InChI=1S/C18H12F4N2O3/c19-13-3-1-2-12-15(13)17(27)24(16(12)26)9-8-14(25)23-11-6-4-10(5-7-11)18(20,21)22/h1-7H,8-9H2,(H,23,25). The van der Waals surface area contributed by atoms with Crippen molar-refractivity contribution in [2.45, 2.75) is 12.6 Å². The van der Waals surface area contributed by atoms with Crippen LogP contribution in [0.4, 0.5) is 23.2 Å². The number of imide groups is 1. The summed E-state index contributed by atoms with van der Waals surface area (Å²) < 4.78 is 51.3. The molecule has 3 rings (SSSR count). The average molecular weight is 380 g/mol. The van der Waals surface area contributed by atoms with Crippen molar-refractivity contribution in [2.75, 3.05) is 11.9 Å². The lowest BCUT2D eigenvalue weighted by molar-refractivity contribution is -0.137. The van der Waals surface area contributed by atoms with Crippen LogP contribution in [0, 0.1) is 5.82 Å². The molecule has 0 saturated heterocycles. The second kappa shape index (κ2) is 6.82. The van der Waals surface area contributed by atoms with Gasteiger partial charge in [0.15, 0.2) is 0 Å². The van der Waals surface area contributed by atoms with Gasteiger partial charge in [0.2, 0.25) is 5.91 Å². The normalized spacial score (nSPS) is 13.7. The van der Waals surface area contributed by atoms with Crippen LogP contribution in [0.1, 0.15) is 32.7 Å². The van der Waals surface area contributed by atoms with Crippen LogP contribution >= 0.6 is 0 Å². The van der Waals surface area contributed by atoms with Crippen LogP contribution < -0.4 is 5.32 Å². The molecule has 5 nitrogen and oxygen atoms in total. The highest BCUT2D eigenvalue weighted by atomic mass is 19.4. The first-order valence-corrected chi connectivity index (χ1v) is 7.80. The minimum atomic E-state index is -4.48. The maximum absolute atomic E-state index is 13.7. The van der Waals surface area contributed by atoms with Crippen LogP contribution in [0.2, 0.25) is 0 Å². The van der Waals surface area contributed by atoms with E-state index in [2.05, 4.69) is 5.32 Å². The smallest absolute Gasteiger partial charge is 0.326 e. The molecule has 0 saturated carbocycles. The highest BCUT2D eigenvalue weighted by molar-refractivity contribution is 6.21. The molecule has 27 heavy (non-hydrogen) atoms. The quantitative estimate of drug-likeness (QED) is 0.653. The van der Waals surface area contributed by atoms with E-state index in [1.807, 2.05) is 0 Å². The summed E-state index contributed by atoms with van der Waals surface area (Å²) in [4.78, 5) is 37.0. The molecule has 0 aromatic heterocycles. The molecule has 2 aromatic rings. The van der Waals surface area contributed by atoms with Crippen molar-refractivity contribution in [1.82, 2.24) is 4.90 Å². The summed E-state index contributed by atoms with van der Waals surface area (Å²) in [6, 6.07) is 7.52. The number of nitrogens with zero attached hydrogens (tertiary/aromatic N) is 1. The Balaban J connectivity index is 1.61. The van der Waals surface area contributed by atoms with Crippen molar-refractivity contribution >= 4 is 23.4 Å². The van der Waals surface area contributed by atoms with Gasteiger partial charge < -0.3 is 5.32 Å². The van der Waals surface area contributed by atoms with E-state index in [-0.39, 0.29) is 29.8 Å². The van der Waals surface area contributed by atoms with Crippen molar-refractivity contribution in [3.63, 3.8) is 0 Å².